The zero-order valence-corrected chi connectivity index (χ0v) is 11.2. The fourth-order valence-corrected chi connectivity index (χ4v) is 3.22. The van der Waals surface area contributed by atoms with Gasteiger partial charge in [0.25, 0.3) is 0 Å². The maximum atomic E-state index is 13.7. The molecule has 1 aromatic carbocycles. The molecule has 0 aliphatic carbocycles. The largest absolute Gasteiger partial charge is 0.399 e. The average Bonchev–Trinajstić information content (AvgIpc) is 2.24. The Morgan fingerprint density at radius 1 is 1.50 bits per heavy atom. The Balaban J connectivity index is 3.30. The number of nitrogen functional groups attached to an aromatic ring is 1. The molecule has 0 saturated heterocycles. The summed E-state index contributed by atoms with van der Waals surface area (Å²) < 4.78 is 39.5. The van der Waals surface area contributed by atoms with E-state index in [0.29, 0.717) is 0 Å². The lowest BCUT2D eigenvalue weighted by Crippen LogP contribution is -2.37. The van der Waals surface area contributed by atoms with Crippen molar-refractivity contribution in [2.24, 2.45) is 0 Å². The Kier molecular flexibility index (Phi) is 4.48. The van der Waals surface area contributed by atoms with Crippen molar-refractivity contribution in [1.29, 1.82) is 0 Å². The molecule has 0 fully saturated rings. The lowest BCUT2D eigenvalue weighted by Gasteiger charge is -2.24. The highest BCUT2D eigenvalue weighted by molar-refractivity contribution is 7.89. The van der Waals surface area contributed by atoms with Gasteiger partial charge in [-0.25, -0.2) is 12.8 Å². The van der Waals surface area contributed by atoms with Crippen LogP contribution in [0, 0.1) is 5.82 Å². The summed E-state index contributed by atoms with van der Waals surface area (Å²) in [6.07, 6.45) is 1.47. The molecule has 100 valence electrons. The number of hydrogen-bond donors (Lipinski definition) is 1. The van der Waals surface area contributed by atoms with Crippen LogP contribution < -0.4 is 5.73 Å². The molecule has 4 nitrogen and oxygen atoms in total. The number of hydrogen-bond acceptors (Lipinski definition) is 3. The molecule has 0 aliphatic rings. The molecule has 0 unspecified atom stereocenters. The highest BCUT2D eigenvalue weighted by Gasteiger charge is 2.28. The van der Waals surface area contributed by atoms with Gasteiger partial charge in [0, 0.05) is 18.3 Å². The van der Waals surface area contributed by atoms with E-state index in [-0.39, 0.29) is 23.2 Å². The van der Waals surface area contributed by atoms with Crippen LogP contribution >= 0.6 is 0 Å². The van der Waals surface area contributed by atoms with Gasteiger partial charge in [-0.3, -0.25) is 0 Å². The highest BCUT2D eigenvalue weighted by Crippen LogP contribution is 2.22. The Bertz CT molecular complexity index is 541. The maximum absolute atomic E-state index is 13.7. The summed E-state index contributed by atoms with van der Waals surface area (Å²) >= 11 is 0. The van der Waals surface area contributed by atoms with Crippen molar-refractivity contribution in [3.05, 3.63) is 36.7 Å². The van der Waals surface area contributed by atoms with Gasteiger partial charge in [0.05, 0.1) is 0 Å². The van der Waals surface area contributed by atoms with Crippen LogP contribution in [-0.4, -0.2) is 25.3 Å². The minimum Gasteiger partial charge on any atom is -0.399 e. The van der Waals surface area contributed by atoms with E-state index in [2.05, 4.69) is 6.58 Å². The molecule has 0 amide bonds. The van der Waals surface area contributed by atoms with E-state index in [1.165, 1.54) is 22.5 Å². The average molecular weight is 272 g/mol. The molecular weight excluding hydrogens is 255 g/mol. The van der Waals surface area contributed by atoms with Gasteiger partial charge in [-0.2, -0.15) is 4.31 Å². The van der Waals surface area contributed by atoms with Crippen LogP contribution in [0.4, 0.5) is 10.1 Å². The van der Waals surface area contributed by atoms with Crippen molar-refractivity contribution in [2.75, 3.05) is 12.3 Å². The summed E-state index contributed by atoms with van der Waals surface area (Å²) in [5.41, 5.74) is 5.59. The van der Waals surface area contributed by atoms with Gasteiger partial charge in [-0.05, 0) is 32.0 Å². The first-order valence-electron chi connectivity index (χ1n) is 5.48. The molecule has 18 heavy (non-hydrogen) atoms. The molecule has 0 saturated carbocycles. The topological polar surface area (TPSA) is 63.4 Å². The lowest BCUT2D eigenvalue weighted by molar-refractivity contribution is 0.380. The fourth-order valence-electron chi connectivity index (χ4n) is 1.57. The number of benzene rings is 1. The second-order valence-corrected chi connectivity index (χ2v) is 6.01. The Morgan fingerprint density at radius 3 is 2.56 bits per heavy atom. The van der Waals surface area contributed by atoms with Crippen LogP contribution in [0.3, 0.4) is 0 Å². The molecular formula is C12H17FN2O2S. The van der Waals surface area contributed by atoms with Crippen LogP contribution in [0.1, 0.15) is 13.8 Å². The molecule has 0 spiro atoms. The van der Waals surface area contributed by atoms with Crippen LogP contribution in [0.15, 0.2) is 35.7 Å². The van der Waals surface area contributed by atoms with Gasteiger partial charge < -0.3 is 5.73 Å². The van der Waals surface area contributed by atoms with Crippen LogP contribution in [0.5, 0.6) is 0 Å². The first-order valence-corrected chi connectivity index (χ1v) is 6.92. The Morgan fingerprint density at radius 2 is 2.11 bits per heavy atom. The smallest absolute Gasteiger partial charge is 0.246 e. The van der Waals surface area contributed by atoms with Crippen LogP contribution in [0.2, 0.25) is 0 Å². The molecule has 1 rings (SSSR count). The number of anilines is 1. The Labute approximate surface area is 107 Å². The molecule has 0 atom stereocenters. The summed E-state index contributed by atoms with van der Waals surface area (Å²) in [7, 11) is -3.88. The van der Waals surface area contributed by atoms with E-state index in [4.69, 9.17) is 5.73 Å². The molecule has 0 heterocycles. The normalized spacial score (nSPS) is 12.1. The predicted octanol–water partition coefficient (Wildman–Crippen LogP) is 1.99. The second kappa shape index (κ2) is 5.49. The van der Waals surface area contributed by atoms with Crippen molar-refractivity contribution < 1.29 is 12.8 Å². The minimum absolute atomic E-state index is 0.129. The molecule has 0 radical (unpaired) electrons. The second-order valence-electron chi connectivity index (χ2n) is 4.15. The third kappa shape index (κ3) is 2.88. The number of nitrogens with two attached hydrogens (primary N) is 1. The van der Waals surface area contributed by atoms with Crippen molar-refractivity contribution in [3.8, 4) is 0 Å². The van der Waals surface area contributed by atoms with Gasteiger partial charge in [-0.15, -0.1) is 6.58 Å². The number of rotatable bonds is 5. The quantitative estimate of drug-likeness (QED) is 0.658. The standard InChI is InChI=1S/C12H17FN2O2S/c1-4-7-15(9(2)3)18(16,17)12-6-5-10(14)8-11(12)13/h4-6,8-9H,1,7,14H2,2-3H3. The van der Waals surface area contributed by atoms with Crippen molar-refractivity contribution in [3.63, 3.8) is 0 Å². The summed E-state index contributed by atoms with van der Waals surface area (Å²) in [5, 5.41) is 0. The molecule has 1 aromatic rings. The highest BCUT2D eigenvalue weighted by atomic mass is 32.2. The van der Waals surface area contributed by atoms with Crippen LogP contribution in [-0.2, 0) is 10.0 Å². The minimum atomic E-state index is -3.88. The van der Waals surface area contributed by atoms with Gasteiger partial charge in [0.1, 0.15) is 10.7 Å². The van der Waals surface area contributed by atoms with E-state index in [1.54, 1.807) is 13.8 Å². The molecule has 0 bridgehead atoms. The predicted molar refractivity (Wildman–Crippen MR) is 70.0 cm³/mol. The van der Waals surface area contributed by atoms with Gasteiger partial charge in [0.15, 0.2) is 0 Å². The first kappa shape index (κ1) is 14.7. The Hall–Kier alpha value is -1.40. The summed E-state index contributed by atoms with van der Waals surface area (Å²) in [6.45, 7) is 7.07. The monoisotopic (exact) mass is 272 g/mol. The van der Waals surface area contributed by atoms with Gasteiger partial charge >= 0.3 is 0 Å². The van der Waals surface area contributed by atoms with Crippen molar-refractivity contribution in [2.45, 2.75) is 24.8 Å². The summed E-state index contributed by atoms with van der Waals surface area (Å²) in [4.78, 5) is -0.368. The van der Waals surface area contributed by atoms with E-state index >= 15 is 0 Å². The maximum Gasteiger partial charge on any atom is 0.246 e. The zero-order valence-electron chi connectivity index (χ0n) is 10.4. The van der Waals surface area contributed by atoms with Crippen LogP contribution in [0.25, 0.3) is 0 Å². The zero-order chi connectivity index (χ0) is 13.9. The molecule has 0 aliphatic heterocycles. The lowest BCUT2D eigenvalue weighted by atomic mass is 10.3. The van der Waals surface area contributed by atoms with Crippen molar-refractivity contribution >= 4 is 15.7 Å². The van der Waals surface area contributed by atoms with Gasteiger partial charge in [0.2, 0.25) is 10.0 Å². The summed E-state index contributed by atoms with van der Waals surface area (Å²) in [6, 6.07) is 3.25. The first-order chi connectivity index (χ1) is 8.30. The molecule has 6 heteroatoms. The third-order valence-corrected chi connectivity index (χ3v) is 4.50. The van der Waals surface area contributed by atoms with E-state index in [0.717, 1.165) is 6.07 Å². The molecule has 0 aromatic heterocycles. The summed E-state index contributed by atoms with van der Waals surface area (Å²) in [5.74, 6) is -0.843. The van der Waals surface area contributed by atoms with E-state index in [9.17, 15) is 12.8 Å². The third-order valence-electron chi connectivity index (χ3n) is 2.43. The van der Waals surface area contributed by atoms with Crippen molar-refractivity contribution in [1.82, 2.24) is 4.31 Å². The number of sulfonamides is 1. The van der Waals surface area contributed by atoms with E-state index < -0.39 is 15.8 Å². The SMILES string of the molecule is C=CCN(C(C)C)S(=O)(=O)c1ccc(N)cc1F. The fraction of sp³-hybridized carbons (Fsp3) is 0.333. The number of halogens is 1. The van der Waals surface area contributed by atoms with E-state index in [1.807, 2.05) is 0 Å². The number of nitrogens with zero attached hydrogens (tertiary/aromatic N) is 1. The van der Waals surface area contributed by atoms with Gasteiger partial charge in [-0.1, -0.05) is 6.08 Å². The molecule has 2 N–H and O–H groups in total.